The Labute approximate surface area is 177 Å². The Bertz CT molecular complexity index is 865. The first-order chi connectivity index (χ1) is 14.5. The summed E-state index contributed by atoms with van der Waals surface area (Å²) in [5.74, 6) is -1.16. The van der Waals surface area contributed by atoms with Crippen LogP contribution in [0, 0.1) is 0 Å². The molecule has 0 atom stereocenters. The highest BCUT2D eigenvalue weighted by Crippen LogP contribution is 2.19. The lowest BCUT2D eigenvalue weighted by molar-refractivity contribution is -0.117. The number of carbonyl (C=O) groups is 3. The lowest BCUT2D eigenvalue weighted by Gasteiger charge is -2.23. The number of hydrogen-bond donors (Lipinski definition) is 3. The molecule has 0 fully saturated rings. The highest BCUT2D eigenvalue weighted by atomic mass is 16.2. The molecule has 0 aliphatic rings. The number of anilines is 2. The molecular weight excluding hydrogens is 380 g/mol. The van der Waals surface area contributed by atoms with E-state index in [9.17, 15) is 14.4 Å². The minimum Gasteiger partial charge on any atom is -0.372 e. The number of rotatable bonds is 11. The number of nitrogens with one attached hydrogen (secondary N) is 2. The molecule has 7 nitrogen and oxygen atoms in total. The fourth-order valence-corrected chi connectivity index (χ4v) is 3.02. The van der Waals surface area contributed by atoms with Crippen LogP contribution in [0.1, 0.15) is 53.8 Å². The maximum Gasteiger partial charge on any atom is 0.255 e. The molecule has 0 aromatic heterocycles. The first kappa shape index (κ1) is 22.9. The first-order valence-corrected chi connectivity index (χ1v) is 10.3. The third-order valence-electron chi connectivity index (χ3n) is 4.73. The minimum atomic E-state index is -0.489. The maximum atomic E-state index is 12.7. The molecular formula is C23H30N4O3. The van der Waals surface area contributed by atoms with Crippen molar-refractivity contribution in [2.45, 2.75) is 33.1 Å². The largest absolute Gasteiger partial charge is 0.372 e. The number of carbonyl (C=O) groups excluding carboxylic acids is 3. The Morgan fingerprint density at radius 2 is 1.67 bits per heavy atom. The van der Waals surface area contributed by atoms with Gasteiger partial charge in [0.25, 0.3) is 11.8 Å². The van der Waals surface area contributed by atoms with Crippen molar-refractivity contribution in [2.24, 2.45) is 5.73 Å². The standard InChI is InChI=1S/C23H30N4O3/c1-3-5-16-27(4-2)18-12-10-17(11-13-18)22(29)26-20-9-7-6-8-19(20)23(30)25-15-14-21(24)28/h6-13H,3-5,14-16H2,1-2H3,(H2,24,28)(H,25,30)(H,26,29). The third-order valence-corrected chi connectivity index (χ3v) is 4.73. The average Bonchev–Trinajstić information content (AvgIpc) is 2.74. The van der Waals surface area contributed by atoms with Crippen LogP contribution in [0.15, 0.2) is 48.5 Å². The van der Waals surface area contributed by atoms with E-state index < -0.39 is 5.91 Å². The number of hydrogen-bond acceptors (Lipinski definition) is 4. The van der Waals surface area contributed by atoms with Crippen LogP contribution in [0.3, 0.4) is 0 Å². The van der Waals surface area contributed by atoms with Crippen molar-refractivity contribution in [3.05, 3.63) is 59.7 Å². The Hall–Kier alpha value is -3.35. The molecule has 0 aliphatic heterocycles. The highest BCUT2D eigenvalue weighted by molar-refractivity contribution is 6.09. The van der Waals surface area contributed by atoms with E-state index in [1.165, 1.54) is 0 Å². The Morgan fingerprint density at radius 1 is 0.967 bits per heavy atom. The van der Waals surface area contributed by atoms with Crippen molar-refractivity contribution < 1.29 is 14.4 Å². The Kier molecular flexibility index (Phi) is 8.87. The number of primary amides is 1. The molecule has 3 amide bonds. The molecule has 2 aromatic rings. The van der Waals surface area contributed by atoms with Gasteiger partial charge in [0.2, 0.25) is 5.91 Å². The number of unbranched alkanes of at least 4 members (excludes halogenated alkanes) is 1. The van der Waals surface area contributed by atoms with Gasteiger partial charge in [-0.2, -0.15) is 0 Å². The molecule has 0 aliphatic carbocycles. The van der Waals surface area contributed by atoms with E-state index in [1.807, 2.05) is 12.1 Å². The summed E-state index contributed by atoms with van der Waals surface area (Å²) in [6, 6.07) is 14.2. The summed E-state index contributed by atoms with van der Waals surface area (Å²) in [5.41, 5.74) is 7.40. The van der Waals surface area contributed by atoms with E-state index in [2.05, 4.69) is 29.4 Å². The first-order valence-electron chi connectivity index (χ1n) is 10.3. The van der Waals surface area contributed by atoms with Gasteiger partial charge in [0.15, 0.2) is 0 Å². The van der Waals surface area contributed by atoms with Crippen LogP contribution >= 0.6 is 0 Å². The van der Waals surface area contributed by atoms with Crippen LogP contribution in [0.5, 0.6) is 0 Å². The molecule has 0 spiro atoms. The number of para-hydroxylation sites is 1. The van der Waals surface area contributed by atoms with Gasteiger partial charge in [0.1, 0.15) is 0 Å². The molecule has 7 heteroatoms. The second-order valence-electron chi connectivity index (χ2n) is 6.95. The predicted octanol–water partition coefficient (Wildman–Crippen LogP) is 3.17. The number of nitrogens with zero attached hydrogens (tertiary/aromatic N) is 1. The maximum absolute atomic E-state index is 12.7. The van der Waals surface area contributed by atoms with Crippen molar-refractivity contribution in [3.63, 3.8) is 0 Å². The smallest absolute Gasteiger partial charge is 0.255 e. The molecule has 0 saturated heterocycles. The zero-order chi connectivity index (χ0) is 21.9. The van der Waals surface area contributed by atoms with Crippen molar-refractivity contribution in [3.8, 4) is 0 Å². The molecule has 2 aromatic carbocycles. The van der Waals surface area contributed by atoms with Crippen LogP contribution in [0.2, 0.25) is 0 Å². The molecule has 0 saturated carbocycles. The van der Waals surface area contributed by atoms with Crippen LogP contribution in [0.4, 0.5) is 11.4 Å². The molecule has 0 unspecified atom stereocenters. The quantitative estimate of drug-likeness (QED) is 0.529. The molecule has 0 radical (unpaired) electrons. The van der Waals surface area contributed by atoms with Crippen molar-refractivity contribution in [2.75, 3.05) is 29.9 Å². The van der Waals surface area contributed by atoms with Gasteiger partial charge in [-0.1, -0.05) is 25.5 Å². The summed E-state index contributed by atoms with van der Waals surface area (Å²) in [5, 5.41) is 5.43. The Morgan fingerprint density at radius 3 is 2.30 bits per heavy atom. The topological polar surface area (TPSA) is 105 Å². The summed E-state index contributed by atoms with van der Waals surface area (Å²) < 4.78 is 0. The zero-order valence-corrected chi connectivity index (χ0v) is 17.6. The highest BCUT2D eigenvalue weighted by Gasteiger charge is 2.14. The third kappa shape index (κ3) is 6.62. The number of benzene rings is 2. The van der Waals surface area contributed by atoms with Gasteiger partial charge < -0.3 is 21.3 Å². The molecule has 2 rings (SSSR count). The van der Waals surface area contributed by atoms with E-state index in [-0.39, 0.29) is 24.8 Å². The van der Waals surface area contributed by atoms with Gasteiger partial charge >= 0.3 is 0 Å². The fraction of sp³-hybridized carbons (Fsp3) is 0.348. The summed E-state index contributed by atoms with van der Waals surface area (Å²) in [7, 11) is 0. The number of nitrogens with two attached hydrogens (primary N) is 1. The summed E-state index contributed by atoms with van der Waals surface area (Å²) in [4.78, 5) is 38.2. The van der Waals surface area contributed by atoms with Crippen molar-refractivity contribution in [1.29, 1.82) is 0 Å². The van der Waals surface area contributed by atoms with E-state index in [0.29, 0.717) is 16.8 Å². The van der Waals surface area contributed by atoms with Crippen LogP contribution in [-0.2, 0) is 4.79 Å². The molecule has 0 heterocycles. The van der Waals surface area contributed by atoms with Gasteiger partial charge in [-0.15, -0.1) is 0 Å². The monoisotopic (exact) mass is 410 g/mol. The lowest BCUT2D eigenvalue weighted by atomic mass is 10.1. The van der Waals surface area contributed by atoms with Crippen molar-refractivity contribution in [1.82, 2.24) is 5.32 Å². The second kappa shape index (κ2) is 11.6. The SMILES string of the molecule is CCCCN(CC)c1ccc(C(=O)Nc2ccccc2C(=O)NCCC(N)=O)cc1. The van der Waals surface area contributed by atoms with E-state index in [1.54, 1.807) is 36.4 Å². The predicted molar refractivity (Wildman–Crippen MR) is 120 cm³/mol. The molecule has 4 N–H and O–H groups in total. The fourth-order valence-electron chi connectivity index (χ4n) is 3.02. The van der Waals surface area contributed by atoms with E-state index in [0.717, 1.165) is 31.6 Å². The van der Waals surface area contributed by atoms with Crippen molar-refractivity contribution >= 4 is 29.1 Å². The van der Waals surface area contributed by atoms with Gasteiger partial charge in [-0.3, -0.25) is 14.4 Å². The second-order valence-corrected chi connectivity index (χ2v) is 6.95. The Balaban J connectivity index is 2.07. The molecule has 30 heavy (non-hydrogen) atoms. The van der Waals surface area contributed by atoms with Gasteiger partial charge in [-0.05, 0) is 49.7 Å². The molecule has 0 bridgehead atoms. The van der Waals surface area contributed by atoms with Crippen LogP contribution in [-0.4, -0.2) is 37.4 Å². The van der Waals surface area contributed by atoms with Crippen LogP contribution < -0.4 is 21.3 Å². The van der Waals surface area contributed by atoms with E-state index >= 15 is 0 Å². The number of amides is 3. The molecule has 160 valence electrons. The summed E-state index contributed by atoms with van der Waals surface area (Å²) in [6.45, 7) is 6.31. The lowest BCUT2D eigenvalue weighted by Crippen LogP contribution is -2.28. The summed E-state index contributed by atoms with van der Waals surface area (Å²) in [6.07, 6.45) is 2.31. The van der Waals surface area contributed by atoms with Gasteiger partial charge in [0.05, 0.1) is 11.3 Å². The average molecular weight is 411 g/mol. The van der Waals surface area contributed by atoms with Crippen LogP contribution in [0.25, 0.3) is 0 Å². The van der Waals surface area contributed by atoms with Gasteiger partial charge in [0, 0.05) is 37.3 Å². The zero-order valence-electron chi connectivity index (χ0n) is 17.6. The van der Waals surface area contributed by atoms with E-state index in [4.69, 9.17) is 5.73 Å². The minimum absolute atomic E-state index is 0.0552. The normalized spacial score (nSPS) is 10.3. The summed E-state index contributed by atoms with van der Waals surface area (Å²) >= 11 is 0. The van der Waals surface area contributed by atoms with Gasteiger partial charge in [-0.25, -0.2) is 0 Å².